The summed E-state index contributed by atoms with van der Waals surface area (Å²) in [5.41, 5.74) is 4.14. The van der Waals surface area contributed by atoms with Crippen LogP contribution in [0.5, 0.6) is 0 Å². The molecule has 0 spiro atoms. The van der Waals surface area contributed by atoms with Crippen LogP contribution in [0.15, 0.2) is 64.3 Å². The van der Waals surface area contributed by atoms with Crippen LogP contribution in [0.1, 0.15) is 47.2 Å². The van der Waals surface area contributed by atoms with Gasteiger partial charge in [-0.15, -0.1) is 23.1 Å². The Hall–Kier alpha value is -2.97. The minimum atomic E-state index is -0.949. The SMILES string of the molecule is CC(C)C(=O)Nc1ccc(C(=O)C(C)OC(=O)c2ccccc2SCc2cscn2)cc1. The molecule has 1 unspecified atom stereocenters. The van der Waals surface area contributed by atoms with Crippen LogP contribution < -0.4 is 5.32 Å². The van der Waals surface area contributed by atoms with Gasteiger partial charge in [-0.25, -0.2) is 9.78 Å². The van der Waals surface area contributed by atoms with Gasteiger partial charge >= 0.3 is 5.97 Å². The lowest BCUT2D eigenvalue weighted by Gasteiger charge is -2.14. The van der Waals surface area contributed by atoms with Crippen molar-refractivity contribution >= 4 is 46.4 Å². The van der Waals surface area contributed by atoms with E-state index < -0.39 is 12.1 Å². The van der Waals surface area contributed by atoms with Crippen LogP contribution in [0.2, 0.25) is 0 Å². The van der Waals surface area contributed by atoms with E-state index in [2.05, 4.69) is 10.3 Å². The Labute approximate surface area is 195 Å². The van der Waals surface area contributed by atoms with E-state index in [0.717, 1.165) is 10.6 Å². The lowest BCUT2D eigenvalue weighted by molar-refractivity contribution is -0.118. The molecule has 3 rings (SSSR count). The Balaban J connectivity index is 1.63. The van der Waals surface area contributed by atoms with Crippen molar-refractivity contribution in [2.24, 2.45) is 5.92 Å². The average Bonchev–Trinajstić information content (AvgIpc) is 3.31. The van der Waals surface area contributed by atoms with Gasteiger partial charge in [0, 0.05) is 33.2 Å². The number of aromatic nitrogens is 1. The summed E-state index contributed by atoms with van der Waals surface area (Å²) >= 11 is 3.02. The van der Waals surface area contributed by atoms with E-state index in [4.69, 9.17) is 4.74 Å². The summed E-state index contributed by atoms with van der Waals surface area (Å²) in [6.45, 7) is 5.16. The zero-order valence-electron chi connectivity index (χ0n) is 18.0. The van der Waals surface area contributed by atoms with Gasteiger partial charge in [-0.2, -0.15) is 0 Å². The fourth-order valence-electron chi connectivity index (χ4n) is 2.74. The summed E-state index contributed by atoms with van der Waals surface area (Å²) in [5, 5.41) is 4.74. The van der Waals surface area contributed by atoms with Crippen LogP contribution in [-0.4, -0.2) is 28.7 Å². The number of ether oxygens (including phenoxy) is 1. The van der Waals surface area contributed by atoms with Crippen molar-refractivity contribution in [3.05, 3.63) is 76.2 Å². The van der Waals surface area contributed by atoms with E-state index >= 15 is 0 Å². The lowest BCUT2D eigenvalue weighted by Crippen LogP contribution is -2.24. The van der Waals surface area contributed by atoms with Crippen LogP contribution in [-0.2, 0) is 15.3 Å². The number of nitrogens with zero attached hydrogens (tertiary/aromatic N) is 1. The van der Waals surface area contributed by atoms with Crippen molar-refractivity contribution < 1.29 is 19.1 Å². The summed E-state index contributed by atoms with van der Waals surface area (Å²) < 4.78 is 5.47. The highest BCUT2D eigenvalue weighted by molar-refractivity contribution is 7.98. The van der Waals surface area contributed by atoms with Gasteiger partial charge in [-0.1, -0.05) is 26.0 Å². The van der Waals surface area contributed by atoms with Crippen LogP contribution in [0, 0.1) is 5.92 Å². The van der Waals surface area contributed by atoms with Gasteiger partial charge in [0.05, 0.1) is 16.8 Å². The highest BCUT2D eigenvalue weighted by atomic mass is 32.2. The molecule has 2 aromatic carbocycles. The third kappa shape index (κ3) is 6.27. The van der Waals surface area contributed by atoms with Crippen molar-refractivity contribution in [2.75, 3.05) is 5.32 Å². The second kappa shape index (κ2) is 11.1. The maximum Gasteiger partial charge on any atom is 0.339 e. The monoisotopic (exact) mass is 468 g/mol. The number of benzene rings is 2. The first kappa shape index (κ1) is 23.7. The Morgan fingerprint density at radius 3 is 2.44 bits per heavy atom. The molecule has 0 aliphatic carbocycles. The van der Waals surface area contributed by atoms with E-state index in [1.54, 1.807) is 62.7 Å². The zero-order chi connectivity index (χ0) is 23.1. The standard InChI is InChI=1S/C24H24N2O4S2/c1-15(2)23(28)26-18-10-8-17(9-11-18)22(27)16(3)30-24(29)20-6-4-5-7-21(20)32-13-19-12-31-14-25-19/h4-12,14-16H,13H2,1-3H3,(H,26,28). The van der Waals surface area contributed by atoms with Crippen molar-refractivity contribution in [1.29, 1.82) is 0 Å². The molecule has 1 amide bonds. The van der Waals surface area contributed by atoms with Crippen molar-refractivity contribution in [3.63, 3.8) is 0 Å². The summed E-state index contributed by atoms with van der Waals surface area (Å²) in [6.07, 6.45) is -0.949. The summed E-state index contributed by atoms with van der Waals surface area (Å²) in [6, 6.07) is 13.7. The number of amides is 1. The van der Waals surface area contributed by atoms with Crippen molar-refractivity contribution in [2.45, 2.75) is 37.5 Å². The minimum Gasteiger partial charge on any atom is -0.451 e. The van der Waals surface area contributed by atoms with Gasteiger partial charge < -0.3 is 10.1 Å². The first-order valence-corrected chi connectivity index (χ1v) is 12.0. The summed E-state index contributed by atoms with van der Waals surface area (Å²) in [4.78, 5) is 42.3. The van der Waals surface area contributed by atoms with Gasteiger partial charge in [-0.3, -0.25) is 9.59 Å². The molecular weight excluding hydrogens is 444 g/mol. The molecule has 32 heavy (non-hydrogen) atoms. The van der Waals surface area contributed by atoms with Crippen LogP contribution >= 0.6 is 23.1 Å². The highest BCUT2D eigenvalue weighted by Gasteiger charge is 2.22. The first-order valence-electron chi connectivity index (χ1n) is 10.1. The summed E-state index contributed by atoms with van der Waals surface area (Å²) in [7, 11) is 0. The average molecular weight is 469 g/mol. The fraction of sp³-hybridized carbons (Fsp3) is 0.250. The van der Waals surface area contributed by atoms with Crippen LogP contribution in [0.3, 0.4) is 0 Å². The van der Waals surface area contributed by atoms with E-state index in [1.807, 2.05) is 17.5 Å². The normalized spacial score (nSPS) is 11.8. The van der Waals surface area contributed by atoms with Gasteiger partial charge in [0.15, 0.2) is 6.10 Å². The number of hydrogen-bond donors (Lipinski definition) is 1. The molecule has 0 saturated carbocycles. The van der Waals surface area contributed by atoms with Gasteiger partial charge in [-0.05, 0) is 43.3 Å². The Kier molecular flexibility index (Phi) is 8.19. The number of thioether (sulfide) groups is 1. The number of carbonyl (C=O) groups excluding carboxylic acids is 3. The quantitative estimate of drug-likeness (QED) is 0.255. The lowest BCUT2D eigenvalue weighted by atomic mass is 10.1. The van der Waals surface area contributed by atoms with E-state index in [1.165, 1.54) is 23.1 Å². The molecule has 0 aliphatic rings. The van der Waals surface area contributed by atoms with Crippen molar-refractivity contribution in [1.82, 2.24) is 4.98 Å². The second-order valence-corrected chi connectivity index (χ2v) is 9.13. The molecule has 1 atom stereocenters. The number of carbonyl (C=O) groups is 3. The molecular formula is C24H24N2O4S2. The molecule has 0 aliphatic heterocycles. The number of ketones is 1. The molecule has 0 bridgehead atoms. The zero-order valence-corrected chi connectivity index (χ0v) is 19.7. The van der Waals surface area contributed by atoms with E-state index in [-0.39, 0.29) is 17.6 Å². The predicted molar refractivity (Wildman–Crippen MR) is 127 cm³/mol. The number of esters is 1. The van der Waals surface area contributed by atoms with E-state index in [0.29, 0.717) is 22.6 Å². The summed E-state index contributed by atoms with van der Waals surface area (Å²) in [5.74, 6) is -0.459. The highest BCUT2D eigenvalue weighted by Crippen LogP contribution is 2.27. The molecule has 0 saturated heterocycles. The molecule has 8 heteroatoms. The molecule has 1 N–H and O–H groups in total. The largest absolute Gasteiger partial charge is 0.451 e. The topological polar surface area (TPSA) is 85.4 Å². The predicted octanol–water partition coefficient (Wildman–Crippen LogP) is 5.46. The number of nitrogens with one attached hydrogen (secondary N) is 1. The van der Waals surface area contributed by atoms with Gasteiger partial charge in [0.1, 0.15) is 0 Å². The molecule has 0 radical (unpaired) electrons. The van der Waals surface area contributed by atoms with Gasteiger partial charge in [0.2, 0.25) is 11.7 Å². The number of Topliss-reactive ketones (excluding diaryl/α,β-unsaturated/α-hetero) is 1. The maximum atomic E-state index is 12.8. The molecule has 6 nitrogen and oxygen atoms in total. The van der Waals surface area contributed by atoms with Crippen LogP contribution in [0.4, 0.5) is 5.69 Å². The van der Waals surface area contributed by atoms with Crippen LogP contribution in [0.25, 0.3) is 0 Å². The number of thiazole rings is 1. The smallest absolute Gasteiger partial charge is 0.339 e. The number of anilines is 1. The Bertz CT molecular complexity index is 1080. The first-order chi connectivity index (χ1) is 15.3. The van der Waals surface area contributed by atoms with E-state index in [9.17, 15) is 14.4 Å². The third-order valence-electron chi connectivity index (χ3n) is 4.58. The molecule has 166 valence electrons. The molecule has 1 aromatic heterocycles. The Morgan fingerprint density at radius 2 is 1.78 bits per heavy atom. The maximum absolute atomic E-state index is 12.8. The van der Waals surface area contributed by atoms with Crippen molar-refractivity contribution in [3.8, 4) is 0 Å². The third-order valence-corrected chi connectivity index (χ3v) is 6.32. The molecule has 0 fully saturated rings. The second-order valence-electron chi connectivity index (χ2n) is 7.40. The van der Waals surface area contributed by atoms with Gasteiger partial charge in [0.25, 0.3) is 0 Å². The molecule has 3 aromatic rings. The Morgan fingerprint density at radius 1 is 1.06 bits per heavy atom. The molecule has 1 heterocycles. The fourth-order valence-corrected chi connectivity index (χ4v) is 4.35. The number of hydrogen-bond acceptors (Lipinski definition) is 7. The number of rotatable bonds is 9. The minimum absolute atomic E-state index is 0.0994.